The molecule has 25 heavy (non-hydrogen) atoms. The molecule has 130 valence electrons. The molecule has 0 unspecified atom stereocenters. The summed E-state index contributed by atoms with van der Waals surface area (Å²) in [4.78, 5) is 24.8. The molecule has 7 heteroatoms. The minimum absolute atomic E-state index is 0.0223. The van der Waals surface area contributed by atoms with Gasteiger partial charge in [0.25, 0.3) is 5.69 Å². The van der Waals surface area contributed by atoms with E-state index >= 15 is 0 Å². The molecule has 0 bridgehead atoms. The maximum absolute atomic E-state index is 12.7. The fourth-order valence-corrected chi connectivity index (χ4v) is 2.81. The number of rotatable bonds is 3. The van der Waals surface area contributed by atoms with Gasteiger partial charge in [0.15, 0.2) is 6.23 Å². The highest BCUT2D eigenvalue weighted by atomic mass is 16.6. The number of nitrogens with zero attached hydrogens (tertiary/aromatic N) is 2. The molecular weight excluding hydrogens is 322 g/mol. The van der Waals surface area contributed by atoms with Gasteiger partial charge in [-0.2, -0.15) is 0 Å². The van der Waals surface area contributed by atoms with E-state index in [1.165, 1.54) is 12.1 Å². The molecule has 2 amide bonds. The SMILES string of the molecule is Cc1ccccc1NC(=O)N1CCCO[C@H]1c1cccc([N+](=O)[O-])c1. The summed E-state index contributed by atoms with van der Waals surface area (Å²) in [5, 5.41) is 13.9. The molecule has 1 aliphatic rings. The van der Waals surface area contributed by atoms with Crippen molar-refractivity contribution in [3.63, 3.8) is 0 Å². The standard InChI is InChI=1S/C18H19N3O4/c1-13-6-2-3-9-16(13)19-18(22)20-10-5-11-25-17(20)14-7-4-8-15(12-14)21(23)24/h2-4,6-9,12,17H,5,10-11H2,1H3,(H,19,22)/t17-/m0/s1. The van der Waals surface area contributed by atoms with Gasteiger partial charge in [0.1, 0.15) is 0 Å². The van der Waals surface area contributed by atoms with Crippen LogP contribution in [0.1, 0.15) is 23.8 Å². The van der Waals surface area contributed by atoms with E-state index in [0.717, 1.165) is 11.3 Å². The van der Waals surface area contributed by atoms with Crippen LogP contribution in [0.2, 0.25) is 0 Å². The summed E-state index contributed by atoms with van der Waals surface area (Å²) < 4.78 is 5.74. The average Bonchev–Trinajstić information content (AvgIpc) is 2.63. The van der Waals surface area contributed by atoms with Crippen molar-refractivity contribution in [3.8, 4) is 0 Å². The average molecular weight is 341 g/mol. The monoisotopic (exact) mass is 341 g/mol. The number of ether oxygens (including phenoxy) is 1. The highest BCUT2D eigenvalue weighted by molar-refractivity contribution is 5.90. The number of nitrogens with one attached hydrogen (secondary N) is 1. The highest BCUT2D eigenvalue weighted by Crippen LogP contribution is 2.29. The second-order valence-electron chi connectivity index (χ2n) is 5.87. The minimum atomic E-state index is -0.641. The zero-order chi connectivity index (χ0) is 17.8. The van der Waals surface area contributed by atoms with E-state index in [1.54, 1.807) is 17.0 Å². The van der Waals surface area contributed by atoms with Crippen LogP contribution in [0.5, 0.6) is 0 Å². The first kappa shape index (κ1) is 16.9. The Labute approximate surface area is 145 Å². The van der Waals surface area contributed by atoms with Crippen molar-refractivity contribution >= 4 is 17.4 Å². The molecule has 1 aliphatic heterocycles. The fourth-order valence-electron chi connectivity index (χ4n) is 2.81. The van der Waals surface area contributed by atoms with Gasteiger partial charge in [-0.3, -0.25) is 15.0 Å². The largest absolute Gasteiger partial charge is 0.354 e. The lowest BCUT2D eigenvalue weighted by atomic mass is 10.1. The Bertz CT molecular complexity index is 793. The summed E-state index contributed by atoms with van der Waals surface area (Å²) in [6, 6.07) is 13.4. The van der Waals surface area contributed by atoms with E-state index in [0.29, 0.717) is 25.1 Å². The van der Waals surface area contributed by atoms with Gasteiger partial charge < -0.3 is 10.1 Å². The smallest absolute Gasteiger partial charge is 0.324 e. The maximum Gasteiger partial charge on any atom is 0.324 e. The number of benzene rings is 2. The van der Waals surface area contributed by atoms with Crippen LogP contribution >= 0.6 is 0 Å². The molecule has 0 aromatic heterocycles. The number of nitro benzene ring substituents is 1. The highest BCUT2D eigenvalue weighted by Gasteiger charge is 2.30. The normalized spacial score (nSPS) is 17.2. The topological polar surface area (TPSA) is 84.7 Å². The van der Waals surface area contributed by atoms with Crippen molar-refractivity contribution in [3.05, 3.63) is 69.8 Å². The quantitative estimate of drug-likeness (QED) is 0.678. The van der Waals surface area contributed by atoms with Gasteiger partial charge in [-0.25, -0.2) is 4.79 Å². The van der Waals surface area contributed by atoms with E-state index in [9.17, 15) is 14.9 Å². The molecule has 1 fully saturated rings. The van der Waals surface area contributed by atoms with Crippen molar-refractivity contribution in [2.45, 2.75) is 19.6 Å². The summed E-state index contributed by atoms with van der Waals surface area (Å²) in [7, 11) is 0. The number of hydrogen-bond donors (Lipinski definition) is 1. The van der Waals surface area contributed by atoms with Crippen molar-refractivity contribution in [2.24, 2.45) is 0 Å². The van der Waals surface area contributed by atoms with Gasteiger partial charge >= 0.3 is 6.03 Å². The van der Waals surface area contributed by atoms with Gasteiger partial charge in [-0.1, -0.05) is 30.3 Å². The van der Waals surface area contributed by atoms with Gasteiger partial charge in [0.05, 0.1) is 11.5 Å². The number of nitro groups is 1. The Morgan fingerprint density at radius 1 is 1.28 bits per heavy atom. The van der Waals surface area contributed by atoms with Crippen molar-refractivity contribution in [2.75, 3.05) is 18.5 Å². The lowest BCUT2D eigenvalue weighted by Gasteiger charge is -2.35. The minimum Gasteiger partial charge on any atom is -0.354 e. The van der Waals surface area contributed by atoms with E-state index in [-0.39, 0.29) is 11.7 Å². The van der Waals surface area contributed by atoms with E-state index in [4.69, 9.17) is 4.74 Å². The number of aryl methyl sites for hydroxylation is 1. The third-order valence-corrected chi connectivity index (χ3v) is 4.12. The molecule has 1 atom stereocenters. The Morgan fingerprint density at radius 3 is 2.84 bits per heavy atom. The zero-order valence-electron chi connectivity index (χ0n) is 13.8. The van der Waals surface area contributed by atoms with E-state index in [2.05, 4.69) is 5.32 Å². The second kappa shape index (κ2) is 7.31. The third kappa shape index (κ3) is 3.77. The van der Waals surface area contributed by atoms with Crippen molar-refractivity contribution < 1.29 is 14.5 Å². The summed E-state index contributed by atoms with van der Waals surface area (Å²) in [6.07, 6.45) is 0.0739. The van der Waals surface area contributed by atoms with Crippen LogP contribution in [0, 0.1) is 17.0 Å². The van der Waals surface area contributed by atoms with Gasteiger partial charge in [0, 0.05) is 29.9 Å². The van der Waals surface area contributed by atoms with Crippen LogP contribution in [0.25, 0.3) is 0 Å². The maximum atomic E-state index is 12.7. The van der Waals surface area contributed by atoms with Crippen LogP contribution < -0.4 is 5.32 Å². The van der Waals surface area contributed by atoms with Crippen LogP contribution in [0.3, 0.4) is 0 Å². The Hall–Kier alpha value is -2.93. The van der Waals surface area contributed by atoms with Gasteiger partial charge in [0.2, 0.25) is 0 Å². The molecule has 2 aromatic carbocycles. The van der Waals surface area contributed by atoms with Crippen LogP contribution in [-0.2, 0) is 4.74 Å². The van der Waals surface area contributed by atoms with Crippen LogP contribution in [-0.4, -0.2) is 29.0 Å². The number of hydrogen-bond acceptors (Lipinski definition) is 4. The number of non-ortho nitro benzene ring substituents is 1. The van der Waals surface area contributed by atoms with Gasteiger partial charge in [-0.05, 0) is 25.0 Å². The number of anilines is 1. The number of carbonyl (C=O) groups is 1. The molecule has 0 radical (unpaired) electrons. The van der Waals surface area contributed by atoms with Gasteiger partial charge in [-0.15, -0.1) is 0 Å². The van der Waals surface area contributed by atoms with Crippen LogP contribution in [0.4, 0.5) is 16.2 Å². The third-order valence-electron chi connectivity index (χ3n) is 4.12. The summed E-state index contributed by atoms with van der Waals surface area (Å²) in [5.41, 5.74) is 2.26. The first-order valence-electron chi connectivity index (χ1n) is 8.05. The Balaban J connectivity index is 1.83. The number of carbonyl (C=O) groups excluding carboxylic acids is 1. The Morgan fingerprint density at radius 2 is 2.08 bits per heavy atom. The fraction of sp³-hybridized carbons (Fsp3) is 0.278. The number of urea groups is 1. The van der Waals surface area contributed by atoms with Crippen molar-refractivity contribution in [1.82, 2.24) is 4.90 Å². The molecule has 0 aliphatic carbocycles. The first-order chi connectivity index (χ1) is 12.1. The number of para-hydroxylation sites is 1. The predicted molar refractivity (Wildman–Crippen MR) is 93.3 cm³/mol. The molecule has 1 heterocycles. The van der Waals surface area contributed by atoms with E-state index < -0.39 is 11.2 Å². The molecule has 0 spiro atoms. The molecule has 1 saturated heterocycles. The molecule has 7 nitrogen and oxygen atoms in total. The molecule has 0 saturated carbocycles. The lowest BCUT2D eigenvalue weighted by Crippen LogP contribution is -2.43. The Kier molecular flexibility index (Phi) is 4.95. The molecule has 3 rings (SSSR count). The summed E-state index contributed by atoms with van der Waals surface area (Å²) >= 11 is 0. The van der Waals surface area contributed by atoms with Crippen molar-refractivity contribution in [1.29, 1.82) is 0 Å². The molecule has 1 N–H and O–H groups in total. The first-order valence-corrected chi connectivity index (χ1v) is 8.05. The summed E-state index contributed by atoms with van der Waals surface area (Å²) in [6.45, 7) is 2.94. The second-order valence-corrected chi connectivity index (χ2v) is 5.87. The lowest BCUT2D eigenvalue weighted by molar-refractivity contribution is -0.385. The zero-order valence-corrected chi connectivity index (χ0v) is 13.8. The number of amides is 2. The summed E-state index contributed by atoms with van der Waals surface area (Å²) in [5.74, 6) is 0. The predicted octanol–water partition coefficient (Wildman–Crippen LogP) is 3.86. The van der Waals surface area contributed by atoms with Crippen LogP contribution in [0.15, 0.2) is 48.5 Å². The van der Waals surface area contributed by atoms with E-state index in [1.807, 2.05) is 31.2 Å². The molecular formula is C18H19N3O4. The molecule has 2 aromatic rings.